The average molecular weight is 286 g/mol. The van der Waals surface area contributed by atoms with Crippen LogP contribution < -0.4 is 11.1 Å². The molecule has 0 aliphatic rings. The maximum Gasteiger partial charge on any atom is 0.251 e. The van der Waals surface area contributed by atoms with Crippen molar-refractivity contribution in [2.24, 2.45) is 5.73 Å². The van der Waals surface area contributed by atoms with Crippen LogP contribution in [-0.4, -0.2) is 12.5 Å². The number of benzene rings is 2. The summed E-state index contributed by atoms with van der Waals surface area (Å²) in [5.41, 5.74) is 9.06. The summed E-state index contributed by atoms with van der Waals surface area (Å²) >= 11 is 0. The Morgan fingerprint density at radius 3 is 2.52 bits per heavy atom. The lowest BCUT2D eigenvalue weighted by atomic mass is 10.1. The molecule has 21 heavy (non-hydrogen) atoms. The molecule has 110 valence electrons. The van der Waals surface area contributed by atoms with Gasteiger partial charge in [-0.2, -0.15) is 0 Å². The second kappa shape index (κ2) is 6.99. The van der Waals surface area contributed by atoms with Crippen molar-refractivity contribution >= 4 is 5.91 Å². The first-order valence-electron chi connectivity index (χ1n) is 6.92. The number of halogens is 1. The molecule has 0 bridgehead atoms. The summed E-state index contributed by atoms with van der Waals surface area (Å²) in [6.07, 6.45) is 0.679. The molecule has 0 atom stereocenters. The minimum atomic E-state index is -0.236. The third-order valence-corrected chi connectivity index (χ3v) is 3.44. The number of nitrogens with one attached hydrogen (secondary N) is 1. The maximum absolute atomic E-state index is 13.0. The molecule has 2 aromatic rings. The normalized spacial score (nSPS) is 10.4. The van der Waals surface area contributed by atoms with E-state index in [1.807, 2.05) is 19.1 Å². The molecule has 0 saturated heterocycles. The van der Waals surface area contributed by atoms with E-state index in [9.17, 15) is 9.18 Å². The number of nitrogens with two attached hydrogens (primary N) is 1. The minimum Gasteiger partial charge on any atom is -0.352 e. The number of amides is 1. The van der Waals surface area contributed by atoms with E-state index in [2.05, 4.69) is 5.32 Å². The molecule has 0 spiro atoms. The number of carbonyl (C=O) groups excluding carboxylic acids is 1. The zero-order valence-electron chi connectivity index (χ0n) is 12.0. The molecular weight excluding hydrogens is 267 g/mol. The molecule has 0 heterocycles. The third-order valence-electron chi connectivity index (χ3n) is 3.44. The SMILES string of the molecule is Cc1cc(F)ccc1CCNC(=O)c1ccc(CN)cc1. The fourth-order valence-corrected chi connectivity index (χ4v) is 2.14. The predicted molar refractivity (Wildman–Crippen MR) is 81.5 cm³/mol. The Labute approximate surface area is 124 Å². The van der Waals surface area contributed by atoms with Crippen LogP contribution in [0.2, 0.25) is 0 Å². The van der Waals surface area contributed by atoms with Crippen LogP contribution in [0, 0.1) is 12.7 Å². The number of hydrogen-bond donors (Lipinski definition) is 2. The lowest BCUT2D eigenvalue weighted by Gasteiger charge is -2.08. The van der Waals surface area contributed by atoms with Crippen molar-refractivity contribution in [2.75, 3.05) is 6.54 Å². The lowest BCUT2D eigenvalue weighted by Crippen LogP contribution is -2.25. The monoisotopic (exact) mass is 286 g/mol. The molecule has 4 heteroatoms. The number of aryl methyl sites for hydroxylation is 1. The molecule has 0 aliphatic heterocycles. The van der Waals surface area contributed by atoms with E-state index >= 15 is 0 Å². The molecule has 0 fully saturated rings. The molecule has 3 N–H and O–H groups in total. The summed E-state index contributed by atoms with van der Waals surface area (Å²) < 4.78 is 13.0. The van der Waals surface area contributed by atoms with Gasteiger partial charge in [0.1, 0.15) is 5.82 Å². The largest absolute Gasteiger partial charge is 0.352 e. The minimum absolute atomic E-state index is 0.113. The average Bonchev–Trinajstić information content (AvgIpc) is 2.49. The second-order valence-corrected chi connectivity index (χ2v) is 4.98. The summed E-state index contributed by atoms with van der Waals surface area (Å²) in [5, 5.41) is 2.86. The molecule has 1 amide bonds. The van der Waals surface area contributed by atoms with Gasteiger partial charge in [0.05, 0.1) is 0 Å². The van der Waals surface area contributed by atoms with Crippen LogP contribution in [0.4, 0.5) is 4.39 Å². The van der Waals surface area contributed by atoms with Crippen LogP contribution in [0.25, 0.3) is 0 Å². The quantitative estimate of drug-likeness (QED) is 0.887. The van der Waals surface area contributed by atoms with Gasteiger partial charge in [-0.15, -0.1) is 0 Å². The molecule has 0 unspecified atom stereocenters. The van der Waals surface area contributed by atoms with Crippen molar-refractivity contribution in [1.82, 2.24) is 5.32 Å². The molecule has 0 saturated carbocycles. The summed E-state index contributed by atoms with van der Waals surface area (Å²) in [5.74, 6) is -0.349. The molecule has 2 aromatic carbocycles. The highest BCUT2D eigenvalue weighted by atomic mass is 19.1. The summed E-state index contributed by atoms with van der Waals surface area (Å²) in [6, 6.07) is 11.9. The van der Waals surface area contributed by atoms with Crippen LogP contribution in [0.5, 0.6) is 0 Å². The van der Waals surface area contributed by atoms with E-state index in [1.165, 1.54) is 12.1 Å². The summed E-state index contributed by atoms with van der Waals surface area (Å²) in [7, 11) is 0. The van der Waals surface area contributed by atoms with E-state index < -0.39 is 0 Å². The van der Waals surface area contributed by atoms with Crippen molar-refractivity contribution in [3.8, 4) is 0 Å². The number of carbonyl (C=O) groups is 1. The lowest BCUT2D eigenvalue weighted by molar-refractivity contribution is 0.0954. The zero-order valence-corrected chi connectivity index (χ0v) is 12.0. The Bertz CT molecular complexity index is 623. The van der Waals surface area contributed by atoms with E-state index in [-0.39, 0.29) is 11.7 Å². The molecular formula is C17H19FN2O. The standard InChI is InChI=1S/C17H19FN2O/c1-12-10-16(18)7-6-14(12)8-9-20-17(21)15-4-2-13(11-19)3-5-15/h2-7,10H,8-9,11,19H2,1H3,(H,20,21). The highest BCUT2D eigenvalue weighted by Crippen LogP contribution is 2.10. The van der Waals surface area contributed by atoms with E-state index in [0.717, 1.165) is 16.7 Å². The number of rotatable bonds is 5. The van der Waals surface area contributed by atoms with Gasteiger partial charge in [0, 0.05) is 18.7 Å². The van der Waals surface area contributed by atoms with Gasteiger partial charge in [0.2, 0.25) is 0 Å². The van der Waals surface area contributed by atoms with Gasteiger partial charge in [-0.25, -0.2) is 4.39 Å². The Balaban J connectivity index is 1.88. The highest BCUT2D eigenvalue weighted by molar-refractivity contribution is 5.94. The van der Waals surface area contributed by atoms with Gasteiger partial charge in [0.15, 0.2) is 0 Å². The third kappa shape index (κ3) is 4.13. The van der Waals surface area contributed by atoms with E-state index in [0.29, 0.717) is 25.1 Å². The van der Waals surface area contributed by atoms with Gasteiger partial charge in [-0.3, -0.25) is 4.79 Å². The first-order chi connectivity index (χ1) is 10.1. The van der Waals surface area contributed by atoms with Gasteiger partial charge in [-0.1, -0.05) is 18.2 Å². The van der Waals surface area contributed by atoms with Crippen LogP contribution in [0.3, 0.4) is 0 Å². The van der Waals surface area contributed by atoms with E-state index in [4.69, 9.17) is 5.73 Å². The maximum atomic E-state index is 13.0. The summed E-state index contributed by atoms with van der Waals surface area (Å²) in [4.78, 5) is 12.0. The Kier molecular flexibility index (Phi) is 5.06. The molecule has 3 nitrogen and oxygen atoms in total. The first-order valence-corrected chi connectivity index (χ1v) is 6.92. The molecule has 0 aromatic heterocycles. The highest BCUT2D eigenvalue weighted by Gasteiger charge is 2.05. The van der Waals surface area contributed by atoms with Crippen molar-refractivity contribution in [3.05, 3.63) is 70.5 Å². The Hall–Kier alpha value is -2.20. The fourth-order valence-electron chi connectivity index (χ4n) is 2.14. The van der Waals surface area contributed by atoms with Crippen LogP contribution in [0.1, 0.15) is 27.0 Å². The number of hydrogen-bond acceptors (Lipinski definition) is 2. The van der Waals surface area contributed by atoms with Crippen LogP contribution in [0.15, 0.2) is 42.5 Å². The predicted octanol–water partition coefficient (Wildman–Crippen LogP) is 2.57. The van der Waals surface area contributed by atoms with E-state index in [1.54, 1.807) is 18.2 Å². The van der Waals surface area contributed by atoms with Crippen molar-refractivity contribution in [3.63, 3.8) is 0 Å². The molecule has 2 rings (SSSR count). The van der Waals surface area contributed by atoms with Crippen LogP contribution >= 0.6 is 0 Å². The Morgan fingerprint density at radius 1 is 1.19 bits per heavy atom. The van der Waals surface area contributed by atoms with Gasteiger partial charge < -0.3 is 11.1 Å². The van der Waals surface area contributed by atoms with Gasteiger partial charge in [0.25, 0.3) is 5.91 Å². The van der Waals surface area contributed by atoms with Crippen molar-refractivity contribution < 1.29 is 9.18 Å². The Morgan fingerprint density at radius 2 is 1.90 bits per heavy atom. The topological polar surface area (TPSA) is 55.1 Å². The molecule has 0 radical (unpaired) electrons. The molecule has 0 aliphatic carbocycles. The second-order valence-electron chi connectivity index (χ2n) is 4.98. The van der Waals surface area contributed by atoms with Gasteiger partial charge in [-0.05, 0) is 54.3 Å². The first kappa shape index (κ1) is 15.2. The van der Waals surface area contributed by atoms with Crippen molar-refractivity contribution in [1.29, 1.82) is 0 Å². The van der Waals surface area contributed by atoms with Crippen LogP contribution in [-0.2, 0) is 13.0 Å². The van der Waals surface area contributed by atoms with Crippen molar-refractivity contribution in [2.45, 2.75) is 19.9 Å². The smallest absolute Gasteiger partial charge is 0.251 e. The van der Waals surface area contributed by atoms with Gasteiger partial charge >= 0.3 is 0 Å². The zero-order chi connectivity index (χ0) is 15.2. The summed E-state index contributed by atoms with van der Waals surface area (Å²) in [6.45, 7) is 2.85. The fraction of sp³-hybridized carbons (Fsp3) is 0.235.